The van der Waals surface area contributed by atoms with E-state index in [0.717, 1.165) is 5.82 Å². The number of carbonyl (C=O) groups is 1. The van der Waals surface area contributed by atoms with Crippen LogP contribution < -0.4 is 16.0 Å². The first kappa shape index (κ1) is 17.0. The molecule has 3 N–H and O–H groups in total. The first-order chi connectivity index (χ1) is 10.1. The molecule has 0 spiro atoms. The zero-order valence-electron chi connectivity index (χ0n) is 13.1. The number of nitrogens with one attached hydrogen (secondary N) is 3. The number of urea groups is 1. The minimum atomic E-state index is -0.118. The third-order valence-electron chi connectivity index (χ3n) is 2.58. The van der Waals surface area contributed by atoms with Crippen LogP contribution in [-0.4, -0.2) is 61.7 Å². The second-order valence-corrected chi connectivity index (χ2v) is 4.49. The van der Waals surface area contributed by atoms with E-state index in [9.17, 15) is 4.79 Å². The highest BCUT2D eigenvalue weighted by molar-refractivity contribution is 5.73. The zero-order chi connectivity index (χ0) is 15.7. The molecule has 0 bridgehead atoms. The Balaban J connectivity index is 2.51. The van der Waals surface area contributed by atoms with Gasteiger partial charge in [0.2, 0.25) is 0 Å². The van der Waals surface area contributed by atoms with Gasteiger partial charge < -0.3 is 25.6 Å². The molecule has 0 radical (unpaired) electrons. The van der Waals surface area contributed by atoms with Gasteiger partial charge >= 0.3 is 6.03 Å². The first-order valence-corrected chi connectivity index (χ1v) is 6.89. The summed E-state index contributed by atoms with van der Waals surface area (Å²) in [5.74, 6) is 2.03. The van der Waals surface area contributed by atoms with Crippen molar-refractivity contribution in [3.8, 4) is 0 Å². The molecule has 0 atom stereocenters. The van der Waals surface area contributed by atoms with Crippen LogP contribution in [-0.2, 0) is 11.3 Å². The van der Waals surface area contributed by atoms with Crippen molar-refractivity contribution in [1.29, 1.82) is 0 Å². The third-order valence-corrected chi connectivity index (χ3v) is 2.58. The van der Waals surface area contributed by atoms with E-state index >= 15 is 0 Å². The van der Waals surface area contributed by atoms with Gasteiger partial charge in [0.1, 0.15) is 18.2 Å². The van der Waals surface area contributed by atoms with Gasteiger partial charge in [-0.05, 0) is 6.92 Å². The molecule has 0 unspecified atom stereocenters. The number of anilines is 2. The molecule has 21 heavy (non-hydrogen) atoms. The molecule has 1 rings (SSSR count). The van der Waals surface area contributed by atoms with Crippen molar-refractivity contribution in [2.75, 3.05) is 51.5 Å². The van der Waals surface area contributed by atoms with E-state index in [1.165, 1.54) is 4.90 Å². The molecule has 0 aliphatic carbocycles. The minimum absolute atomic E-state index is 0.118. The molecular weight excluding hydrogens is 272 g/mol. The zero-order valence-corrected chi connectivity index (χ0v) is 13.1. The van der Waals surface area contributed by atoms with Crippen molar-refractivity contribution in [2.45, 2.75) is 13.5 Å². The molecule has 0 saturated carbocycles. The average Bonchev–Trinajstić information content (AvgIpc) is 2.48. The highest BCUT2D eigenvalue weighted by Gasteiger charge is 2.05. The van der Waals surface area contributed by atoms with Gasteiger partial charge in [0, 0.05) is 46.9 Å². The van der Waals surface area contributed by atoms with Crippen LogP contribution in [0.1, 0.15) is 12.7 Å². The number of aromatic nitrogens is 2. The summed E-state index contributed by atoms with van der Waals surface area (Å²) < 4.78 is 5.31. The van der Waals surface area contributed by atoms with Crippen LogP contribution in [0, 0.1) is 0 Å². The summed E-state index contributed by atoms with van der Waals surface area (Å²) in [5.41, 5.74) is 0. The van der Waals surface area contributed by atoms with Gasteiger partial charge in [-0.25, -0.2) is 14.8 Å². The van der Waals surface area contributed by atoms with Crippen molar-refractivity contribution in [3.05, 3.63) is 11.9 Å². The Kier molecular flexibility index (Phi) is 7.24. The van der Waals surface area contributed by atoms with E-state index < -0.39 is 0 Å². The molecule has 8 heteroatoms. The lowest BCUT2D eigenvalue weighted by Gasteiger charge is -2.13. The van der Waals surface area contributed by atoms with Gasteiger partial charge in [0.25, 0.3) is 0 Å². The second kappa shape index (κ2) is 8.96. The molecule has 0 saturated heterocycles. The smallest absolute Gasteiger partial charge is 0.316 e. The second-order valence-electron chi connectivity index (χ2n) is 4.49. The summed E-state index contributed by atoms with van der Waals surface area (Å²) in [5, 5.41) is 8.91. The standard InChI is InChI=1S/C13H24N6O2/c1-5-21-9-12-17-10(14-2)8-11(18-12)15-6-7-16-13(20)19(3)4/h8H,5-7,9H2,1-4H3,(H,16,20)(H2,14,15,17,18). The fourth-order valence-corrected chi connectivity index (χ4v) is 1.49. The highest BCUT2D eigenvalue weighted by Crippen LogP contribution is 2.11. The largest absolute Gasteiger partial charge is 0.374 e. The molecule has 2 amide bonds. The van der Waals surface area contributed by atoms with Gasteiger partial charge in [0.15, 0.2) is 5.82 Å². The Morgan fingerprint density at radius 3 is 2.62 bits per heavy atom. The van der Waals surface area contributed by atoms with Crippen LogP contribution >= 0.6 is 0 Å². The molecule has 1 aromatic rings. The van der Waals surface area contributed by atoms with Crippen LogP contribution in [0.3, 0.4) is 0 Å². The average molecular weight is 296 g/mol. The predicted molar refractivity (Wildman–Crippen MR) is 82.5 cm³/mol. The summed E-state index contributed by atoms with van der Waals surface area (Å²) in [6.07, 6.45) is 0. The maximum Gasteiger partial charge on any atom is 0.316 e. The fraction of sp³-hybridized carbons (Fsp3) is 0.615. The maximum atomic E-state index is 11.4. The van der Waals surface area contributed by atoms with Crippen LogP contribution in [0.25, 0.3) is 0 Å². The minimum Gasteiger partial charge on any atom is -0.374 e. The number of hydrogen-bond acceptors (Lipinski definition) is 6. The van der Waals surface area contributed by atoms with Crippen molar-refractivity contribution in [3.63, 3.8) is 0 Å². The van der Waals surface area contributed by atoms with Crippen LogP contribution in [0.5, 0.6) is 0 Å². The number of hydrogen-bond donors (Lipinski definition) is 3. The molecule has 0 aromatic carbocycles. The Hall–Kier alpha value is -2.09. The number of ether oxygens (including phenoxy) is 1. The predicted octanol–water partition coefficient (Wildman–Crippen LogP) is 0.738. The van der Waals surface area contributed by atoms with Gasteiger partial charge in [-0.15, -0.1) is 0 Å². The monoisotopic (exact) mass is 296 g/mol. The Morgan fingerprint density at radius 2 is 2.00 bits per heavy atom. The van der Waals surface area contributed by atoms with E-state index in [1.807, 2.05) is 13.0 Å². The summed E-state index contributed by atoms with van der Waals surface area (Å²) in [4.78, 5) is 21.5. The van der Waals surface area contributed by atoms with E-state index in [1.54, 1.807) is 21.1 Å². The van der Waals surface area contributed by atoms with Gasteiger partial charge in [-0.2, -0.15) is 0 Å². The quantitative estimate of drug-likeness (QED) is 0.613. The first-order valence-electron chi connectivity index (χ1n) is 6.89. The Bertz CT molecular complexity index is 452. The molecule has 0 aliphatic rings. The lowest BCUT2D eigenvalue weighted by Crippen LogP contribution is -2.37. The summed E-state index contributed by atoms with van der Waals surface area (Å²) >= 11 is 0. The number of rotatable bonds is 8. The van der Waals surface area contributed by atoms with Gasteiger partial charge in [0.05, 0.1) is 0 Å². The molecule has 8 nitrogen and oxygen atoms in total. The third kappa shape index (κ3) is 6.26. The Labute approximate surface area is 125 Å². The molecule has 0 fully saturated rings. The summed E-state index contributed by atoms with van der Waals surface area (Å²) in [6, 6.07) is 1.69. The van der Waals surface area contributed by atoms with E-state index in [0.29, 0.717) is 37.9 Å². The molecule has 118 valence electrons. The van der Waals surface area contributed by atoms with E-state index in [-0.39, 0.29) is 6.03 Å². The molecule has 1 aromatic heterocycles. The summed E-state index contributed by atoms with van der Waals surface area (Å²) in [6.45, 7) is 4.00. The van der Waals surface area contributed by atoms with Crippen molar-refractivity contribution in [1.82, 2.24) is 20.2 Å². The fourth-order valence-electron chi connectivity index (χ4n) is 1.49. The summed E-state index contributed by atoms with van der Waals surface area (Å²) in [7, 11) is 5.20. The van der Waals surface area contributed by atoms with Crippen LogP contribution in [0.4, 0.5) is 16.4 Å². The van der Waals surface area contributed by atoms with Crippen LogP contribution in [0.15, 0.2) is 6.07 Å². The van der Waals surface area contributed by atoms with Crippen LogP contribution in [0.2, 0.25) is 0 Å². The van der Waals surface area contributed by atoms with Gasteiger partial charge in [-0.3, -0.25) is 0 Å². The topological polar surface area (TPSA) is 91.4 Å². The van der Waals surface area contributed by atoms with E-state index in [4.69, 9.17) is 4.74 Å². The van der Waals surface area contributed by atoms with E-state index in [2.05, 4.69) is 25.9 Å². The number of amides is 2. The van der Waals surface area contributed by atoms with Crippen molar-refractivity contribution in [2.24, 2.45) is 0 Å². The lowest BCUT2D eigenvalue weighted by atomic mass is 10.4. The molecular formula is C13H24N6O2. The number of nitrogens with zero attached hydrogens (tertiary/aromatic N) is 3. The SMILES string of the molecule is CCOCc1nc(NC)cc(NCCNC(=O)N(C)C)n1. The lowest BCUT2D eigenvalue weighted by molar-refractivity contribution is 0.128. The molecule has 1 heterocycles. The number of carbonyl (C=O) groups excluding carboxylic acids is 1. The highest BCUT2D eigenvalue weighted by atomic mass is 16.5. The molecule has 0 aliphatic heterocycles. The van der Waals surface area contributed by atoms with Gasteiger partial charge in [-0.1, -0.05) is 0 Å². The van der Waals surface area contributed by atoms with Crippen molar-refractivity contribution >= 4 is 17.7 Å². The normalized spacial score (nSPS) is 10.1. The Morgan fingerprint density at radius 1 is 1.29 bits per heavy atom. The maximum absolute atomic E-state index is 11.4. The van der Waals surface area contributed by atoms with Crippen molar-refractivity contribution < 1.29 is 9.53 Å².